The number of rotatable bonds is 3. The van der Waals surface area contributed by atoms with Crippen molar-refractivity contribution in [1.29, 1.82) is 0 Å². The van der Waals surface area contributed by atoms with Crippen molar-refractivity contribution in [3.63, 3.8) is 0 Å². The topological polar surface area (TPSA) is 46.2 Å². The minimum absolute atomic E-state index is 0.162. The van der Waals surface area contributed by atoms with Gasteiger partial charge in [-0.1, -0.05) is 12.1 Å². The highest BCUT2D eigenvalue weighted by Gasteiger charge is 2.37. The fourth-order valence-corrected chi connectivity index (χ4v) is 4.24. The smallest absolute Gasteiger partial charge is 0.152 e. The van der Waals surface area contributed by atoms with Crippen LogP contribution in [0.2, 0.25) is 0 Å². The van der Waals surface area contributed by atoms with Crippen molar-refractivity contribution in [2.45, 2.75) is 25.4 Å². The first kappa shape index (κ1) is 12.5. The molecule has 0 saturated carbocycles. The van der Waals surface area contributed by atoms with Crippen LogP contribution in [0.5, 0.6) is 0 Å². The molecule has 0 amide bonds. The fraction of sp³-hybridized carbons (Fsp3) is 0.500. The summed E-state index contributed by atoms with van der Waals surface area (Å²) in [5.74, 6) is 0.128. The predicted molar refractivity (Wildman–Crippen MR) is 64.9 cm³/mol. The second kappa shape index (κ2) is 4.38. The second-order valence-corrected chi connectivity index (χ2v) is 7.07. The summed E-state index contributed by atoms with van der Waals surface area (Å²) >= 11 is 0. The van der Waals surface area contributed by atoms with Crippen molar-refractivity contribution >= 4 is 9.84 Å². The molecule has 1 aromatic carbocycles. The molecule has 1 aromatic rings. The maximum atomic E-state index is 13.0. The number of sulfone groups is 1. The van der Waals surface area contributed by atoms with Crippen LogP contribution in [0.4, 0.5) is 4.39 Å². The Hall–Kier alpha value is -0.940. The van der Waals surface area contributed by atoms with E-state index in [0.29, 0.717) is 13.0 Å². The lowest BCUT2D eigenvalue weighted by atomic mass is 10.0. The van der Waals surface area contributed by atoms with Gasteiger partial charge >= 0.3 is 0 Å². The van der Waals surface area contributed by atoms with Gasteiger partial charge in [-0.25, -0.2) is 12.8 Å². The average Bonchev–Trinajstić information content (AvgIpc) is 2.51. The summed E-state index contributed by atoms with van der Waals surface area (Å²) in [6, 6.07) is 6.33. The lowest BCUT2D eigenvalue weighted by molar-refractivity contribution is 0.395. The summed E-state index contributed by atoms with van der Waals surface area (Å²) in [6.07, 6.45) is 0.616. The minimum Gasteiger partial charge on any atom is -0.306 e. The fourth-order valence-electron chi connectivity index (χ4n) is 2.11. The molecular formula is C12H16FNO2S. The molecule has 17 heavy (non-hydrogen) atoms. The summed E-state index contributed by atoms with van der Waals surface area (Å²) < 4.78 is 35.8. The summed E-state index contributed by atoms with van der Waals surface area (Å²) in [6.45, 7) is 2.39. The van der Waals surface area contributed by atoms with Gasteiger partial charge in [-0.3, -0.25) is 0 Å². The maximum Gasteiger partial charge on any atom is 0.152 e. The van der Waals surface area contributed by atoms with Crippen molar-refractivity contribution < 1.29 is 12.8 Å². The van der Waals surface area contributed by atoms with E-state index in [-0.39, 0.29) is 22.9 Å². The van der Waals surface area contributed by atoms with Gasteiger partial charge in [0.2, 0.25) is 0 Å². The molecule has 1 unspecified atom stereocenters. The molecule has 1 saturated heterocycles. The highest BCUT2D eigenvalue weighted by Crippen LogP contribution is 2.23. The quantitative estimate of drug-likeness (QED) is 0.892. The number of hydrogen-bond acceptors (Lipinski definition) is 3. The highest BCUT2D eigenvalue weighted by atomic mass is 32.2. The summed E-state index contributed by atoms with van der Waals surface area (Å²) in [5.41, 5.74) is 0.445. The Morgan fingerprint density at radius 3 is 2.82 bits per heavy atom. The first-order valence-corrected chi connectivity index (χ1v) is 7.41. The van der Waals surface area contributed by atoms with Crippen LogP contribution in [0.15, 0.2) is 24.3 Å². The van der Waals surface area contributed by atoms with Crippen molar-refractivity contribution in [2.24, 2.45) is 0 Å². The van der Waals surface area contributed by atoms with Gasteiger partial charge in [-0.2, -0.15) is 0 Å². The van der Waals surface area contributed by atoms with Crippen LogP contribution < -0.4 is 5.32 Å². The van der Waals surface area contributed by atoms with Crippen LogP contribution in [0.3, 0.4) is 0 Å². The van der Waals surface area contributed by atoms with Crippen LogP contribution in [-0.2, 0) is 16.4 Å². The average molecular weight is 257 g/mol. The van der Waals surface area contributed by atoms with Crippen molar-refractivity contribution in [2.75, 3.05) is 11.5 Å². The van der Waals surface area contributed by atoms with Gasteiger partial charge in [-0.05, 0) is 31.0 Å². The zero-order chi connectivity index (χ0) is 12.5. The number of benzene rings is 1. The molecule has 2 rings (SSSR count). The molecule has 1 atom stereocenters. The van der Waals surface area contributed by atoms with E-state index in [0.717, 1.165) is 5.56 Å². The molecule has 0 bridgehead atoms. The van der Waals surface area contributed by atoms with Crippen molar-refractivity contribution in [1.82, 2.24) is 5.32 Å². The van der Waals surface area contributed by atoms with Gasteiger partial charge in [0.25, 0.3) is 0 Å². The van der Waals surface area contributed by atoms with E-state index in [1.807, 2.05) is 13.0 Å². The summed E-state index contributed by atoms with van der Waals surface area (Å²) in [4.78, 5) is 0. The Kier molecular flexibility index (Phi) is 3.23. The van der Waals surface area contributed by atoms with Gasteiger partial charge in [0.15, 0.2) is 9.84 Å². The third-order valence-corrected chi connectivity index (χ3v) is 5.01. The molecule has 5 heteroatoms. The van der Waals surface area contributed by atoms with E-state index in [9.17, 15) is 12.8 Å². The van der Waals surface area contributed by atoms with Gasteiger partial charge in [-0.15, -0.1) is 0 Å². The Labute approximate surface area is 101 Å². The molecule has 3 nitrogen and oxygen atoms in total. The molecule has 1 aliphatic rings. The molecule has 1 N–H and O–H groups in total. The molecule has 0 radical (unpaired) electrons. The van der Waals surface area contributed by atoms with Gasteiger partial charge in [0.05, 0.1) is 11.5 Å². The van der Waals surface area contributed by atoms with Gasteiger partial charge in [0, 0.05) is 12.1 Å². The summed E-state index contributed by atoms with van der Waals surface area (Å²) in [5, 5.41) is 3.21. The largest absolute Gasteiger partial charge is 0.306 e. The van der Waals surface area contributed by atoms with E-state index >= 15 is 0 Å². The van der Waals surface area contributed by atoms with E-state index in [1.165, 1.54) is 12.1 Å². The van der Waals surface area contributed by atoms with E-state index in [1.54, 1.807) is 6.07 Å². The standard InChI is InChI=1S/C12H16FNO2S/c1-12(5-6-17(15,16)9-12)14-8-10-3-2-4-11(13)7-10/h2-4,7,14H,5-6,8-9H2,1H3. The Bertz CT molecular complexity index is 515. The first-order valence-electron chi connectivity index (χ1n) is 5.59. The van der Waals surface area contributed by atoms with Crippen LogP contribution >= 0.6 is 0 Å². The minimum atomic E-state index is -2.90. The van der Waals surface area contributed by atoms with Crippen LogP contribution in [0.1, 0.15) is 18.9 Å². The SMILES string of the molecule is CC1(NCc2cccc(F)c2)CCS(=O)(=O)C1. The zero-order valence-electron chi connectivity index (χ0n) is 9.74. The maximum absolute atomic E-state index is 13.0. The van der Waals surface area contributed by atoms with Gasteiger partial charge < -0.3 is 5.32 Å². The van der Waals surface area contributed by atoms with E-state index < -0.39 is 9.84 Å². The number of hydrogen-bond donors (Lipinski definition) is 1. The summed E-state index contributed by atoms with van der Waals surface area (Å²) in [7, 11) is -2.90. The zero-order valence-corrected chi connectivity index (χ0v) is 10.6. The third kappa shape index (κ3) is 3.26. The highest BCUT2D eigenvalue weighted by molar-refractivity contribution is 7.91. The Balaban J connectivity index is 1.99. The third-order valence-electron chi connectivity index (χ3n) is 3.11. The molecule has 0 aromatic heterocycles. The normalized spacial score (nSPS) is 27.2. The van der Waals surface area contributed by atoms with Crippen LogP contribution in [0.25, 0.3) is 0 Å². The molecule has 94 valence electrons. The van der Waals surface area contributed by atoms with Crippen LogP contribution in [-0.4, -0.2) is 25.5 Å². The van der Waals surface area contributed by atoms with E-state index in [2.05, 4.69) is 5.32 Å². The molecule has 1 aliphatic heterocycles. The molecule has 0 spiro atoms. The second-order valence-electron chi connectivity index (χ2n) is 4.89. The van der Waals surface area contributed by atoms with Crippen molar-refractivity contribution in [3.05, 3.63) is 35.6 Å². The molecule has 1 fully saturated rings. The van der Waals surface area contributed by atoms with E-state index in [4.69, 9.17) is 0 Å². The predicted octanol–water partition coefficient (Wildman–Crippen LogP) is 1.49. The molecule has 0 aliphatic carbocycles. The Morgan fingerprint density at radius 2 is 2.24 bits per heavy atom. The molecular weight excluding hydrogens is 241 g/mol. The lowest BCUT2D eigenvalue weighted by Gasteiger charge is -2.24. The monoisotopic (exact) mass is 257 g/mol. The first-order chi connectivity index (χ1) is 7.89. The molecule has 1 heterocycles. The number of nitrogens with one attached hydrogen (secondary N) is 1. The van der Waals surface area contributed by atoms with Crippen molar-refractivity contribution in [3.8, 4) is 0 Å². The Morgan fingerprint density at radius 1 is 1.47 bits per heavy atom. The number of halogens is 1. The van der Waals surface area contributed by atoms with Crippen LogP contribution in [0, 0.1) is 5.82 Å². The lowest BCUT2D eigenvalue weighted by Crippen LogP contribution is -2.42. The van der Waals surface area contributed by atoms with Gasteiger partial charge in [0.1, 0.15) is 5.82 Å².